The molecule has 0 aromatic heterocycles. The maximum Gasteiger partial charge on any atom is 0.326 e. The Bertz CT molecular complexity index is 671. The van der Waals surface area contributed by atoms with Gasteiger partial charge in [0.25, 0.3) is 5.91 Å². The first kappa shape index (κ1) is 12.7. The van der Waals surface area contributed by atoms with E-state index in [1.165, 1.54) is 0 Å². The highest BCUT2D eigenvalue weighted by atomic mass is 16.4. The molecule has 1 aliphatic rings. The SMILES string of the molecule is O=C(NC(C(=O)O)C1CC1)c1cccc2ccccc12. The molecule has 0 heterocycles. The van der Waals surface area contributed by atoms with E-state index >= 15 is 0 Å². The van der Waals surface area contributed by atoms with E-state index in [1.807, 2.05) is 36.4 Å². The van der Waals surface area contributed by atoms with Gasteiger partial charge in [0, 0.05) is 5.56 Å². The summed E-state index contributed by atoms with van der Waals surface area (Å²) >= 11 is 0. The zero-order valence-electron chi connectivity index (χ0n) is 10.9. The molecule has 1 unspecified atom stereocenters. The minimum Gasteiger partial charge on any atom is -0.480 e. The van der Waals surface area contributed by atoms with E-state index in [2.05, 4.69) is 5.32 Å². The van der Waals surface area contributed by atoms with Gasteiger partial charge < -0.3 is 10.4 Å². The molecule has 0 saturated heterocycles. The summed E-state index contributed by atoms with van der Waals surface area (Å²) in [6, 6.07) is 12.3. The third kappa shape index (κ3) is 2.37. The standard InChI is InChI=1S/C16H15NO3/c18-15(17-14(16(19)20)11-8-9-11)13-7-3-5-10-4-1-2-6-12(10)13/h1-7,11,14H,8-9H2,(H,17,18)(H,19,20). The highest BCUT2D eigenvalue weighted by molar-refractivity contribution is 6.07. The van der Waals surface area contributed by atoms with Gasteiger partial charge in [0.05, 0.1) is 0 Å². The van der Waals surface area contributed by atoms with E-state index in [0.717, 1.165) is 23.6 Å². The molecule has 0 radical (unpaired) electrons. The van der Waals surface area contributed by atoms with Crippen LogP contribution >= 0.6 is 0 Å². The van der Waals surface area contributed by atoms with Crippen molar-refractivity contribution in [2.75, 3.05) is 0 Å². The highest BCUT2D eigenvalue weighted by Crippen LogP contribution is 2.33. The van der Waals surface area contributed by atoms with Crippen molar-refractivity contribution in [3.63, 3.8) is 0 Å². The molecule has 1 atom stereocenters. The van der Waals surface area contributed by atoms with E-state index in [0.29, 0.717) is 5.56 Å². The lowest BCUT2D eigenvalue weighted by Crippen LogP contribution is -2.42. The van der Waals surface area contributed by atoms with Gasteiger partial charge in [-0.15, -0.1) is 0 Å². The van der Waals surface area contributed by atoms with Crippen molar-refractivity contribution in [1.82, 2.24) is 5.32 Å². The predicted molar refractivity (Wildman–Crippen MR) is 75.6 cm³/mol. The van der Waals surface area contributed by atoms with Crippen molar-refractivity contribution in [1.29, 1.82) is 0 Å². The van der Waals surface area contributed by atoms with Crippen molar-refractivity contribution in [2.45, 2.75) is 18.9 Å². The van der Waals surface area contributed by atoms with Crippen LogP contribution in [0.3, 0.4) is 0 Å². The molecule has 0 spiro atoms. The predicted octanol–water partition coefficient (Wildman–Crippen LogP) is 2.43. The van der Waals surface area contributed by atoms with E-state index in [9.17, 15) is 14.7 Å². The lowest BCUT2D eigenvalue weighted by molar-refractivity contribution is -0.139. The first-order valence-corrected chi connectivity index (χ1v) is 6.68. The van der Waals surface area contributed by atoms with Crippen LogP contribution in [0.15, 0.2) is 42.5 Å². The molecule has 4 heteroatoms. The second-order valence-corrected chi connectivity index (χ2v) is 5.15. The largest absolute Gasteiger partial charge is 0.480 e. The number of carbonyl (C=O) groups is 2. The lowest BCUT2D eigenvalue weighted by Gasteiger charge is -2.14. The number of benzene rings is 2. The summed E-state index contributed by atoms with van der Waals surface area (Å²) in [5, 5.41) is 13.6. The van der Waals surface area contributed by atoms with Gasteiger partial charge in [-0.2, -0.15) is 0 Å². The Balaban J connectivity index is 1.90. The number of hydrogen-bond donors (Lipinski definition) is 2. The Morgan fingerprint density at radius 3 is 2.50 bits per heavy atom. The van der Waals surface area contributed by atoms with E-state index in [-0.39, 0.29) is 11.8 Å². The molecule has 3 rings (SSSR count). The molecular formula is C16H15NO3. The average Bonchev–Trinajstić information content (AvgIpc) is 3.28. The Morgan fingerprint density at radius 1 is 1.10 bits per heavy atom. The molecule has 2 aromatic rings. The number of fused-ring (bicyclic) bond motifs is 1. The van der Waals surface area contributed by atoms with Crippen LogP contribution in [0.4, 0.5) is 0 Å². The summed E-state index contributed by atoms with van der Waals surface area (Å²) in [6.07, 6.45) is 1.74. The molecule has 1 saturated carbocycles. The number of carbonyl (C=O) groups excluding carboxylic acids is 1. The molecule has 0 aliphatic heterocycles. The van der Waals surface area contributed by atoms with E-state index in [4.69, 9.17) is 0 Å². The second kappa shape index (κ2) is 4.96. The first-order chi connectivity index (χ1) is 9.66. The zero-order chi connectivity index (χ0) is 14.1. The zero-order valence-corrected chi connectivity index (χ0v) is 10.9. The molecule has 20 heavy (non-hydrogen) atoms. The number of nitrogens with one attached hydrogen (secondary N) is 1. The minimum absolute atomic E-state index is 0.0754. The fourth-order valence-electron chi connectivity index (χ4n) is 2.45. The molecule has 2 N–H and O–H groups in total. The van der Waals surface area contributed by atoms with Crippen LogP contribution in [0.5, 0.6) is 0 Å². The van der Waals surface area contributed by atoms with Gasteiger partial charge in [-0.1, -0.05) is 36.4 Å². The molecule has 1 amide bonds. The topological polar surface area (TPSA) is 66.4 Å². The quantitative estimate of drug-likeness (QED) is 0.895. The number of rotatable bonds is 4. The summed E-state index contributed by atoms with van der Waals surface area (Å²) in [4.78, 5) is 23.5. The van der Waals surface area contributed by atoms with Gasteiger partial charge in [0.15, 0.2) is 0 Å². The summed E-state index contributed by atoms with van der Waals surface area (Å²) in [6.45, 7) is 0. The molecule has 1 fully saturated rings. The van der Waals surface area contributed by atoms with Crippen molar-refractivity contribution in [3.05, 3.63) is 48.0 Å². The summed E-state index contributed by atoms with van der Waals surface area (Å²) in [7, 11) is 0. The fourth-order valence-corrected chi connectivity index (χ4v) is 2.45. The van der Waals surface area contributed by atoms with Gasteiger partial charge in [-0.25, -0.2) is 4.79 Å². The van der Waals surface area contributed by atoms with Gasteiger partial charge in [-0.05, 0) is 35.6 Å². The molecule has 4 nitrogen and oxygen atoms in total. The molecule has 0 bridgehead atoms. The van der Waals surface area contributed by atoms with Crippen LogP contribution in [0.1, 0.15) is 23.2 Å². The Hall–Kier alpha value is -2.36. The Labute approximate surface area is 116 Å². The fraction of sp³-hybridized carbons (Fsp3) is 0.250. The van der Waals surface area contributed by atoms with Crippen LogP contribution in [0.2, 0.25) is 0 Å². The van der Waals surface area contributed by atoms with Gasteiger partial charge in [0.1, 0.15) is 6.04 Å². The monoisotopic (exact) mass is 269 g/mol. The maximum absolute atomic E-state index is 12.3. The van der Waals surface area contributed by atoms with Crippen LogP contribution < -0.4 is 5.32 Å². The smallest absolute Gasteiger partial charge is 0.326 e. The third-order valence-corrected chi connectivity index (χ3v) is 3.68. The molecule has 102 valence electrons. The van der Waals surface area contributed by atoms with Crippen molar-refractivity contribution < 1.29 is 14.7 Å². The third-order valence-electron chi connectivity index (χ3n) is 3.68. The van der Waals surface area contributed by atoms with E-state index in [1.54, 1.807) is 6.07 Å². The van der Waals surface area contributed by atoms with Crippen molar-refractivity contribution >= 4 is 22.6 Å². The number of carboxylic acids is 1. The Morgan fingerprint density at radius 2 is 1.80 bits per heavy atom. The van der Waals surface area contributed by atoms with Gasteiger partial charge in [0.2, 0.25) is 0 Å². The second-order valence-electron chi connectivity index (χ2n) is 5.15. The number of amides is 1. The number of carboxylic acid groups (broad SMARTS) is 1. The molecule has 1 aliphatic carbocycles. The lowest BCUT2D eigenvalue weighted by atomic mass is 10.0. The van der Waals surface area contributed by atoms with Crippen molar-refractivity contribution in [2.24, 2.45) is 5.92 Å². The van der Waals surface area contributed by atoms with Gasteiger partial charge >= 0.3 is 5.97 Å². The van der Waals surface area contributed by atoms with E-state index < -0.39 is 12.0 Å². The Kier molecular flexibility index (Phi) is 3.14. The van der Waals surface area contributed by atoms with Crippen LogP contribution in [0, 0.1) is 5.92 Å². The van der Waals surface area contributed by atoms with Crippen LogP contribution in [-0.4, -0.2) is 23.0 Å². The summed E-state index contributed by atoms with van der Waals surface area (Å²) in [5.41, 5.74) is 0.523. The average molecular weight is 269 g/mol. The molecule has 2 aromatic carbocycles. The number of aliphatic carboxylic acids is 1. The highest BCUT2D eigenvalue weighted by Gasteiger charge is 2.37. The first-order valence-electron chi connectivity index (χ1n) is 6.68. The summed E-state index contributed by atoms with van der Waals surface area (Å²) in [5.74, 6) is -1.20. The van der Waals surface area contributed by atoms with Crippen LogP contribution in [0.25, 0.3) is 10.8 Å². The maximum atomic E-state index is 12.3. The summed E-state index contributed by atoms with van der Waals surface area (Å²) < 4.78 is 0. The van der Waals surface area contributed by atoms with Gasteiger partial charge in [-0.3, -0.25) is 4.79 Å². The number of hydrogen-bond acceptors (Lipinski definition) is 2. The van der Waals surface area contributed by atoms with Crippen molar-refractivity contribution in [3.8, 4) is 0 Å². The molecular weight excluding hydrogens is 254 g/mol. The minimum atomic E-state index is -0.957. The normalized spacial score (nSPS) is 15.8. The van der Waals surface area contributed by atoms with Crippen LogP contribution in [-0.2, 0) is 4.79 Å².